The summed E-state index contributed by atoms with van der Waals surface area (Å²) >= 11 is 0. The molecule has 2 rings (SSSR count). The van der Waals surface area contributed by atoms with Crippen LogP contribution in [0.5, 0.6) is 0 Å². The molecule has 104 valence electrons. The molecule has 1 aliphatic rings. The molecule has 1 fully saturated rings. The number of nitrogens with zero attached hydrogens (tertiary/aromatic N) is 2. The molecule has 0 saturated heterocycles. The van der Waals surface area contributed by atoms with Crippen molar-refractivity contribution in [3.63, 3.8) is 0 Å². The van der Waals surface area contributed by atoms with E-state index in [9.17, 15) is 4.79 Å². The van der Waals surface area contributed by atoms with Crippen LogP contribution < -0.4 is 0 Å². The number of rotatable bonds is 4. The molecule has 0 amide bonds. The number of aromatic nitrogens is 2. The maximum atomic E-state index is 11.9. The van der Waals surface area contributed by atoms with Gasteiger partial charge in [0.2, 0.25) is 0 Å². The van der Waals surface area contributed by atoms with E-state index >= 15 is 0 Å². The molecule has 0 radical (unpaired) electrons. The van der Waals surface area contributed by atoms with Gasteiger partial charge in [0.05, 0.1) is 12.5 Å². The Morgan fingerprint density at radius 1 is 1.37 bits per heavy atom. The zero-order valence-electron chi connectivity index (χ0n) is 12.3. The van der Waals surface area contributed by atoms with Gasteiger partial charge in [-0.2, -0.15) is 0 Å². The van der Waals surface area contributed by atoms with Crippen LogP contribution >= 0.6 is 0 Å². The van der Waals surface area contributed by atoms with Crippen LogP contribution in [0.3, 0.4) is 0 Å². The van der Waals surface area contributed by atoms with Gasteiger partial charge in [0.15, 0.2) is 0 Å². The molecule has 0 aromatic carbocycles. The lowest BCUT2D eigenvalue weighted by atomic mass is 10.1. The third kappa shape index (κ3) is 2.48. The van der Waals surface area contributed by atoms with E-state index in [2.05, 4.69) is 37.7 Å². The van der Waals surface area contributed by atoms with Crippen molar-refractivity contribution in [3.8, 4) is 0 Å². The normalized spacial score (nSPS) is 24.3. The summed E-state index contributed by atoms with van der Waals surface area (Å²) in [5.41, 5.74) is 0.974. The summed E-state index contributed by atoms with van der Waals surface area (Å²) in [5, 5.41) is 0. The van der Waals surface area contributed by atoms with Gasteiger partial charge in [-0.1, -0.05) is 27.7 Å². The second kappa shape index (κ2) is 4.91. The monoisotopic (exact) mass is 262 g/mol. The Labute approximate surface area is 114 Å². The summed E-state index contributed by atoms with van der Waals surface area (Å²) in [6.07, 6.45) is 3.71. The molecule has 4 nitrogen and oxygen atoms in total. The largest absolute Gasteiger partial charge is 0.466 e. The van der Waals surface area contributed by atoms with Gasteiger partial charge in [0.25, 0.3) is 0 Å². The van der Waals surface area contributed by atoms with E-state index in [1.165, 1.54) is 0 Å². The van der Waals surface area contributed by atoms with Crippen LogP contribution in [-0.4, -0.2) is 22.5 Å². The minimum absolute atomic E-state index is 0.0606. The van der Waals surface area contributed by atoms with Crippen molar-refractivity contribution in [2.24, 2.45) is 11.3 Å². The molecule has 1 aromatic rings. The second-order valence-electron chi connectivity index (χ2n) is 6.06. The molecular weight excluding hydrogens is 240 g/mol. The summed E-state index contributed by atoms with van der Waals surface area (Å²) in [4.78, 5) is 20.7. The predicted octanol–water partition coefficient (Wildman–Crippen LogP) is 2.90. The first-order valence-corrected chi connectivity index (χ1v) is 6.88. The molecule has 0 bridgehead atoms. The SMILES string of the molecule is CCOC(=O)[C@H]1[C@H](c2cnc(C(C)C)nc2)C1(C)C. The van der Waals surface area contributed by atoms with Gasteiger partial charge >= 0.3 is 5.97 Å². The second-order valence-corrected chi connectivity index (χ2v) is 6.06. The zero-order valence-corrected chi connectivity index (χ0v) is 12.3. The highest BCUT2D eigenvalue weighted by atomic mass is 16.5. The van der Waals surface area contributed by atoms with Crippen LogP contribution in [0.4, 0.5) is 0 Å². The van der Waals surface area contributed by atoms with Gasteiger partial charge in [-0.3, -0.25) is 4.79 Å². The van der Waals surface area contributed by atoms with Crippen LogP contribution in [0.15, 0.2) is 12.4 Å². The number of hydrogen-bond acceptors (Lipinski definition) is 4. The maximum Gasteiger partial charge on any atom is 0.310 e. The van der Waals surface area contributed by atoms with Gasteiger partial charge in [-0.05, 0) is 17.9 Å². The minimum atomic E-state index is -0.106. The van der Waals surface area contributed by atoms with Crippen LogP contribution in [0.1, 0.15) is 57.8 Å². The first-order valence-electron chi connectivity index (χ1n) is 6.88. The van der Waals surface area contributed by atoms with Crippen LogP contribution in [0.2, 0.25) is 0 Å². The highest BCUT2D eigenvalue weighted by molar-refractivity contribution is 5.79. The van der Waals surface area contributed by atoms with Crippen LogP contribution in [0, 0.1) is 11.3 Å². The summed E-state index contributed by atoms with van der Waals surface area (Å²) in [6, 6.07) is 0. The standard InChI is InChI=1S/C15H22N2O2/c1-6-19-14(18)12-11(15(12,4)5)10-7-16-13(9(2)3)17-8-10/h7-9,11-12H,6H2,1-5H3/t11-,12+/m0/s1. The number of ether oxygens (including phenoxy) is 1. The summed E-state index contributed by atoms with van der Waals surface area (Å²) in [5.74, 6) is 1.16. The highest BCUT2D eigenvalue weighted by Crippen LogP contribution is 2.64. The van der Waals surface area contributed by atoms with Crippen molar-refractivity contribution in [2.75, 3.05) is 6.61 Å². The van der Waals surface area contributed by atoms with Gasteiger partial charge < -0.3 is 4.74 Å². The Morgan fingerprint density at radius 3 is 2.42 bits per heavy atom. The quantitative estimate of drug-likeness (QED) is 0.783. The van der Waals surface area contributed by atoms with Gasteiger partial charge in [0, 0.05) is 24.2 Å². The number of carbonyl (C=O) groups excluding carboxylic acids is 1. The van der Waals surface area contributed by atoms with Gasteiger partial charge in [-0.15, -0.1) is 0 Å². The molecule has 0 spiro atoms. The van der Waals surface area contributed by atoms with Gasteiger partial charge in [0.1, 0.15) is 5.82 Å². The van der Waals surface area contributed by atoms with Crippen LogP contribution in [0.25, 0.3) is 0 Å². The molecule has 0 N–H and O–H groups in total. The molecule has 1 aromatic heterocycles. The molecule has 2 atom stereocenters. The summed E-state index contributed by atoms with van der Waals surface area (Å²) < 4.78 is 5.14. The van der Waals surface area contributed by atoms with Crippen molar-refractivity contribution in [1.82, 2.24) is 9.97 Å². The smallest absolute Gasteiger partial charge is 0.310 e. The maximum absolute atomic E-state index is 11.9. The lowest BCUT2D eigenvalue weighted by molar-refractivity contribution is -0.145. The third-order valence-corrected chi connectivity index (χ3v) is 3.94. The fourth-order valence-electron chi connectivity index (χ4n) is 2.74. The molecule has 0 aliphatic heterocycles. The first kappa shape index (κ1) is 14.0. The molecule has 19 heavy (non-hydrogen) atoms. The highest BCUT2D eigenvalue weighted by Gasteiger charge is 2.63. The molecule has 0 unspecified atom stereocenters. The Morgan fingerprint density at radius 2 is 1.95 bits per heavy atom. The average molecular weight is 262 g/mol. The lowest BCUT2D eigenvalue weighted by Gasteiger charge is -2.05. The van der Waals surface area contributed by atoms with E-state index in [1.54, 1.807) is 0 Å². The zero-order chi connectivity index (χ0) is 14.2. The lowest BCUT2D eigenvalue weighted by Crippen LogP contribution is -2.10. The topological polar surface area (TPSA) is 52.1 Å². The molecule has 1 saturated carbocycles. The predicted molar refractivity (Wildman–Crippen MR) is 72.8 cm³/mol. The molecular formula is C15H22N2O2. The summed E-state index contributed by atoms with van der Waals surface area (Å²) in [7, 11) is 0. The van der Waals surface area contributed by atoms with Crippen molar-refractivity contribution in [3.05, 3.63) is 23.8 Å². The minimum Gasteiger partial charge on any atom is -0.466 e. The Kier molecular flexibility index (Phi) is 3.61. The van der Waals surface area contributed by atoms with Crippen molar-refractivity contribution >= 4 is 5.97 Å². The number of carbonyl (C=O) groups is 1. The third-order valence-electron chi connectivity index (χ3n) is 3.94. The van der Waals surface area contributed by atoms with Crippen LogP contribution in [-0.2, 0) is 9.53 Å². The van der Waals surface area contributed by atoms with E-state index in [-0.39, 0.29) is 23.2 Å². The van der Waals surface area contributed by atoms with Crippen molar-refractivity contribution in [1.29, 1.82) is 0 Å². The van der Waals surface area contributed by atoms with Crippen molar-refractivity contribution in [2.45, 2.75) is 46.5 Å². The first-order chi connectivity index (χ1) is 8.89. The Balaban J connectivity index is 2.16. The fourth-order valence-corrected chi connectivity index (χ4v) is 2.74. The van der Waals surface area contributed by atoms with E-state index in [0.717, 1.165) is 11.4 Å². The fraction of sp³-hybridized carbons (Fsp3) is 0.667. The Hall–Kier alpha value is -1.45. The molecule has 4 heteroatoms. The molecule has 1 aliphatic carbocycles. The Bertz CT molecular complexity index is 466. The summed E-state index contributed by atoms with van der Waals surface area (Å²) in [6.45, 7) is 10.6. The van der Waals surface area contributed by atoms with E-state index in [4.69, 9.17) is 4.74 Å². The van der Waals surface area contributed by atoms with E-state index in [0.29, 0.717) is 12.5 Å². The number of hydrogen-bond donors (Lipinski definition) is 0. The molecule has 1 heterocycles. The van der Waals surface area contributed by atoms with E-state index < -0.39 is 0 Å². The van der Waals surface area contributed by atoms with Gasteiger partial charge in [-0.25, -0.2) is 9.97 Å². The van der Waals surface area contributed by atoms with Crippen molar-refractivity contribution < 1.29 is 9.53 Å². The average Bonchev–Trinajstić information content (AvgIpc) is 2.93. The number of esters is 1. The van der Waals surface area contributed by atoms with E-state index in [1.807, 2.05) is 19.3 Å².